The molecule has 3 N–H and O–H groups in total. The number of rotatable bonds is 3. The number of amides is 1. The van der Waals surface area contributed by atoms with Crippen LogP contribution in [0.25, 0.3) is 0 Å². The summed E-state index contributed by atoms with van der Waals surface area (Å²) in [6.45, 7) is 8.30. The number of carbonyl (C=O) groups is 1. The van der Waals surface area contributed by atoms with Crippen LogP contribution in [0.15, 0.2) is 12.1 Å². The van der Waals surface area contributed by atoms with Gasteiger partial charge in [0.05, 0.1) is 0 Å². The Bertz CT molecular complexity index is 399. The molecule has 0 saturated carbocycles. The van der Waals surface area contributed by atoms with Crippen molar-refractivity contribution in [1.29, 1.82) is 0 Å². The Labute approximate surface area is 97.0 Å². The van der Waals surface area contributed by atoms with Gasteiger partial charge in [0.1, 0.15) is 0 Å². The summed E-state index contributed by atoms with van der Waals surface area (Å²) >= 11 is 0. The van der Waals surface area contributed by atoms with Gasteiger partial charge in [-0.05, 0) is 43.5 Å². The first kappa shape index (κ1) is 12.7. The highest BCUT2D eigenvalue weighted by molar-refractivity contribution is 5.93. The molecule has 0 aliphatic heterocycles. The van der Waals surface area contributed by atoms with Crippen LogP contribution in [-0.2, 0) is 4.79 Å². The molecule has 0 spiro atoms. The van der Waals surface area contributed by atoms with Crippen molar-refractivity contribution in [3.8, 4) is 0 Å². The van der Waals surface area contributed by atoms with Gasteiger partial charge in [-0.25, -0.2) is 0 Å². The SMILES string of the molecule is Cc1cc(C)c(NC(=O)C(C)CN)cc1C. The second-order valence-corrected chi connectivity index (χ2v) is 4.38. The fraction of sp³-hybridized carbons (Fsp3) is 0.462. The Hall–Kier alpha value is -1.35. The topological polar surface area (TPSA) is 55.1 Å². The summed E-state index contributed by atoms with van der Waals surface area (Å²) in [5, 5.41) is 2.91. The second-order valence-electron chi connectivity index (χ2n) is 4.38. The van der Waals surface area contributed by atoms with Crippen LogP contribution in [0.3, 0.4) is 0 Å². The second kappa shape index (κ2) is 5.12. The normalized spacial score (nSPS) is 12.3. The van der Waals surface area contributed by atoms with Gasteiger partial charge in [0.25, 0.3) is 0 Å². The smallest absolute Gasteiger partial charge is 0.228 e. The molecular weight excluding hydrogens is 200 g/mol. The lowest BCUT2D eigenvalue weighted by molar-refractivity contribution is -0.119. The Balaban J connectivity index is 2.90. The van der Waals surface area contributed by atoms with Gasteiger partial charge >= 0.3 is 0 Å². The predicted octanol–water partition coefficient (Wildman–Crippen LogP) is 2.15. The molecule has 1 atom stereocenters. The lowest BCUT2D eigenvalue weighted by Gasteiger charge is -2.14. The summed E-state index contributed by atoms with van der Waals surface area (Å²) < 4.78 is 0. The molecule has 0 saturated heterocycles. The quantitative estimate of drug-likeness (QED) is 0.820. The van der Waals surface area contributed by atoms with E-state index < -0.39 is 0 Å². The summed E-state index contributed by atoms with van der Waals surface area (Å²) in [4.78, 5) is 11.7. The monoisotopic (exact) mass is 220 g/mol. The molecule has 1 unspecified atom stereocenters. The molecule has 88 valence electrons. The van der Waals surface area contributed by atoms with Crippen LogP contribution in [0.1, 0.15) is 23.6 Å². The Morgan fingerprint density at radius 2 is 1.81 bits per heavy atom. The molecule has 0 fully saturated rings. The molecule has 1 rings (SSSR count). The molecule has 0 aliphatic rings. The van der Waals surface area contributed by atoms with Crippen LogP contribution in [-0.4, -0.2) is 12.5 Å². The number of benzene rings is 1. The standard InChI is InChI=1S/C13H20N2O/c1-8-5-10(3)12(6-9(8)2)15-13(16)11(4)7-14/h5-6,11H,7,14H2,1-4H3,(H,15,16). The van der Waals surface area contributed by atoms with E-state index in [-0.39, 0.29) is 11.8 Å². The third-order valence-corrected chi connectivity index (χ3v) is 2.90. The van der Waals surface area contributed by atoms with Crippen molar-refractivity contribution in [1.82, 2.24) is 0 Å². The maximum atomic E-state index is 11.7. The highest BCUT2D eigenvalue weighted by Crippen LogP contribution is 2.20. The van der Waals surface area contributed by atoms with E-state index in [1.54, 1.807) is 0 Å². The van der Waals surface area contributed by atoms with E-state index in [2.05, 4.69) is 18.3 Å². The van der Waals surface area contributed by atoms with E-state index >= 15 is 0 Å². The van der Waals surface area contributed by atoms with Gasteiger partial charge in [0.15, 0.2) is 0 Å². The summed E-state index contributed by atoms with van der Waals surface area (Å²) in [6.07, 6.45) is 0. The first-order valence-electron chi connectivity index (χ1n) is 5.54. The van der Waals surface area contributed by atoms with Crippen molar-refractivity contribution in [3.63, 3.8) is 0 Å². The number of nitrogens with two attached hydrogens (primary N) is 1. The average Bonchev–Trinajstić information content (AvgIpc) is 2.24. The van der Waals surface area contributed by atoms with Gasteiger partial charge in [-0.3, -0.25) is 4.79 Å². The van der Waals surface area contributed by atoms with Crippen molar-refractivity contribution in [3.05, 3.63) is 28.8 Å². The van der Waals surface area contributed by atoms with E-state index in [1.807, 2.05) is 26.8 Å². The van der Waals surface area contributed by atoms with Crippen molar-refractivity contribution in [2.24, 2.45) is 11.7 Å². The van der Waals surface area contributed by atoms with Crippen LogP contribution >= 0.6 is 0 Å². The fourth-order valence-electron chi connectivity index (χ4n) is 1.46. The minimum Gasteiger partial charge on any atom is -0.330 e. The molecule has 0 bridgehead atoms. The first-order valence-corrected chi connectivity index (χ1v) is 5.54. The minimum absolute atomic E-state index is 0.0196. The highest BCUT2D eigenvalue weighted by Gasteiger charge is 2.12. The Kier molecular flexibility index (Phi) is 4.07. The highest BCUT2D eigenvalue weighted by atomic mass is 16.1. The summed E-state index contributed by atoms with van der Waals surface area (Å²) in [5.41, 5.74) is 9.84. The summed E-state index contributed by atoms with van der Waals surface area (Å²) in [7, 11) is 0. The molecule has 1 amide bonds. The molecule has 16 heavy (non-hydrogen) atoms. The van der Waals surface area contributed by atoms with E-state index in [0.717, 1.165) is 11.3 Å². The minimum atomic E-state index is -0.152. The zero-order valence-electron chi connectivity index (χ0n) is 10.4. The Morgan fingerprint density at radius 3 is 2.38 bits per heavy atom. The molecule has 0 heterocycles. The van der Waals surface area contributed by atoms with Crippen LogP contribution in [0.4, 0.5) is 5.69 Å². The summed E-state index contributed by atoms with van der Waals surface area (Å²) in [5.74, 6) is -0.171. The lowest BCUT2D eigenvalue weighted by Crippen LogP contribution is -2.27. The van der Waals surface area contributed by atoms with Crippen LogP contribution in [0.5, 0.6) is 0 Å². The lowest BCUT2D eigenvalue weighted by atomic mass is 10.0. The van der Waals surface area contributed by atoms with Gasteiger partial charge in [-0.2, -0.15) is 0 Å². The molecule has 3 nitrogen and oxygen atoms in total. The van der Waals surface area contributed by atoms with Gasteiger partial charge in [-0.1, -0.05) is 13.0 Å². The third kappa shape index (κ3) is 2.83. The number of hydrogen-bond acceptors (Lipinski definition) is 2. The maximum absolute atomic E-state index is 11.7. The first-order chi connectivity index (χ1) is 7.45. The number of hydrogen-bond donors (Lipinski definition) is 2. The molecular formula is C13H20N2O. The van der Waals surface area contributed by atoms with E-state index in [9.17, 15) is 4.79 Å². The number of aryl methyl sites for hydroxylation is 3. The van der Waals surface area contributed by atoms with Gasteiger partial charge in [-0.15, -0.1) is 0 Å². The van der Waals surface area contributed by atoms with E-state index in [1.165, 1.54) is 11.1 Å². The predicted molar refractivity (Wildman–Crippen MR) is 67.5 cm³/mol. The maximum Gasteiger partial charge on any atom is 0.228 e. The summed E-state index contributed by atoms with van der Waals surface area (Å²) in [6, 6.07) is 4.09. The molecule has 1 aromatic rings. The number of carbonyl (C=O) groups excluding carboxylic acids is 1. The van der Waals surface area contributed by atoms with Crippen LogP contribution in [0.2, 0.25) is 0 Å². The van der Waals surface area contributed by atoms with Crippen molar-refractivity contribution in [2.75, 3.05) is 11.9 Å². The van der Waals surface area contributed by atoms with E-state index in [0.29, 0.717) is 6.54 Å². The molecule has 1 aromatic carbocycles. The molecule has 0 aliphatic carbocycles. The van der Waals surface area contributed by atoms with E-state index in [4.69, 9.17) is 5.73 Å². The van der Waals surface area contributed by atoms with Crippen LogP contribution in [0, 0.1) is 26.7 Å². The fourth-order valence-corrected chi connectivity index (χ4v) is 1.46. The molecule has 0 radical (unpaired) electrons. The average molecular weight is 220 g/mol. The number of anilines is 1. The zero-order chi connectivity index (χ0) is 12.3. The van der Waals surface area contributed by atoms with Gasteiger partial charge in [0.2, 0.25) is 5.91 Å². The third-order valence-electron chi connectivity index (χ3n) is 2.90. The number of nitrogens with one attached hydrogen (secondary N) is 1. The zero-order valence-corrected chi connectivity index (χ0v) is 10.4. The largest absolute Gasteiger partial charge is 0.330 e. The van der Waals surface area contributed by atoms with Gasteiger partial charge in [0, 0.05) is 18.2 Å². The molecule has 3 heteroatoms. The van der Waals surface area contributed by atoms with Crippen molar-refractivity contribution >= 4 is 11.6 Å². The molecule has 0 aromatic heterocycles. The van der Waals surface area contributed by atoms with Crippen molar-refractivity contribution < 1.29 is 4.79 Å². The van der Waals surface area contributed by atoms with Gasteiger partial charge < -0.3 is 11.1 Å². The van der Waals surface area contributed by atoms with Crippen LogP contribution < -0.4 is 11.1 Å². The Morgan fingerprint density at radius 1 is 1.25 bits per heavy atom. The van der Waals surface area contributed by atoms with Crippen molar-refractivity contribution in [2.45, 2.75) is 27.7 Å².